The number of nitrogens with one attached hydrogen (secondary N) is 1. The number of carbonyl (C=O) groups excluding carboxylic acids is 1. The smallest absolute Gasteiger partial charge is 0.240 e. The maximum atomic E-state index is 12.4. The Hall–Kier alpha value is -2.09. The van der Waals surface area contributed by atoms with Crippen molar-refractivity contribution >= 4 is 33.2 Å². The number of benzene rings is 2. The van der Waals surface area contributed by atoms with Crippen LogP contribution in [0.5, 0.6) is 5.75 Å². The van der Waals surface area contributed by atoms with E-state index in [0.717, 1.165) is 5.56 Å². The van der Waals surface area contributed by atoms with E-state index in [1.807, 2.05) is 6.92 Å². The Balaban J connectivity index is 2.08. The van der Waals surface area contributed by atoms with Gasteiger partial charge in [-0.05, 0) is 55.0 Å². The summed E-state index contributed by atoms with van der Waals surface area (Å²) in [6.07, 6.45) is 0. The molecule has 6 nitrogen and oxygen atoms in total. The molecule has 0 aromatic heterocycles. The Morgan fingerprint density at radius 1 is 1.19 bits per heavy atom. The predicted octanol–water partition coefficient (Wildman–Crippen LogP) is 2.99. The molecule has 0 unspecified atom stereocenters. The monoisotopic (exact) mass is 396 g/mol. The summed E-state index contributed by atoms with van der Waals surface area (Å²) in [4.78, 5) is 13.6. The van der Waals surface area contributed by atoms with Crippen LogP contribution in [0, 0.1) is 6.92 Å². The Labute approximate surface area is 158 Å². The van der Waals surface area contributed by atoms with Crippen molar-refractivity contribution in [3.8, 4) is 5.75 Å². The van der Waals surface area contributed by atoms with Crippen LogP contribution >= 0.6 is 11.6 Å². The molecule has 0 saturated heterocycles. The summed E-state index contributed by atoms with van der Waals surface area (Å²) in [5.41, 5.74) is 1.54. The van der Waals surface area contributed by atoms with Gasteiger partial charge >= 0.3 is 0 Å². The first-order valence-electron chi connectivity index (χ1n) is 7.92. The molecule has 0 aliphatic heterocycles. The van der Waals surface area contributed by atoms with Gasteiger partial charge in [-0.2, -0.15) is 0 Å². The van der Waals surface area contributed by atoms with Gasteiger partial charge in [-0.15, -0.1) is 0 Å². The quantitative estimate of drug-likeness (QED) is 0.780. The molecule has 140 valence electrons. The number of methoxy groups -OCH3 is 1. The van der Waals surface area contributed by atoms with Crippen LogP contribution in [-0.2, 0) is 14.8 Å². The van der Waals surface area contributed by atoms with E-state index in [-0.39, 0.29) is 23.9 Å². The lowest BCUT2D eigenvalue weighted by Crippen LogP contribution is -2.37. The average molecular weight is 397 g/mol. The van der Waals surface area contributed by atoms with Crippen molar-refractivity contribution in [3.63, 3.8) is 0 Å². The van der Waals surface area contributed by atoms with Crippen molar-refractivity contribution in [2.24, 2.45) is 0 Å². The molecule has 0 fully saturated rings. The highest BCUT2D eigenvalue weighted by Crippen LogP contribution is 2.23. The van der Waals surface area contributed by atoms with E-state index in [2.05, 4.69) is 4.72 Å². The first-order valence-corrected chi connectivity index (χ1v) is 9.78. The lowest BCUT2D eigenvalue weighted by Gasteiger charge is -2.23. The topological polar surface area (TPSA) is 75.7 Å². The van der Waals surface area contributed by atoms with Crippen LogP contribution in [0.15, 0.2) is 47.4 Å². The fourth-order valence-corrected chi connectivity index (χ4v) is 3.75. The SMILES string of the molecule is COc1ccc(S(=O)(=O)NCCN(C(C)=O)c2ccc(Cl)cc2C)cc1. The molecule has 0 heterocycles. The normalized spacial score (nSPS) is 11.2. The number of rotatable bonds is 7. The van der Waals surface area contributed by atoms with E-state index in [4.69, 9.17) is 16.3 Å². The predicted molar refractivity (Wildman–Crippen MR) is 102 cm³/mol. The number of hydrogen-bond donors (Lipinski definition) is 1. The van der Waals surface area contributed by atoms with Crippen LogP contribution in [-0.4, -0.2) is 34.5 Å². The van der Waals surface area contributed by atoms with E-state index < -0.39 is 10.0 Å². The van der Waals surface area contributed by atoms with E-state index >= 15 is 0 Å². The largest absolute Gasteiger partial charge is 0.497 e. The minimum atomic E-state index is -3.67. The fourth-order valence-electron chi connectivity index (χ4n) is 2.50. The van der Waals surface area contributed by atoms with Gasteiger partial charge in [0, 0.05) is 30.7 Å². The molecule has 2 rings (SSSR count). The van der Waals surface area contributed by atoms with E-state index in [1.165, 1.54) is 31.1 Å². The van der Waals surface area contributed by atoms with Crippen molar-refractivity contribution in [2.75, 3.05) is 25.1 Å². The van der Waals surface area contributed by atoms with Gasteiger partial charge in [-0.25, -0.2) is 13.1 Å². The number of halogens is 1. The van der Waals surface area contributed by atoms with Gasteiger partial charge < -0.3 is 9.64 Å². The first-order chi connectivity index (χ1) is 12.2. The van der Waals surface area contributed by atoms with Crippen LogP contribution in [0.4, 0.5) is 5.69 Å². The van der Waals surface area contributed by atoms with Crippen LogP contribution < -0.4 is 14.4 Å². The average Bonchev–Trinajstić information content (AvgIpc) is 2.59. The zero-order valence-electron chi connectivity index (χ0n) is 14.8. The fraction of sp³-hybridized carbons (Fsp3) is 0.278. The van der Waals surface area contributed by atoms with Gasteiger partial charge in [0.15, 0.2) is 0 Å². The zero-order chi connectivity index (χ0) is 19.3. The molecule has 2 aromatic rings. The Morgan fingerprint density at radius 3 is 2.38 bits per heavy atom. The number of carbonyl (C=O) groups is 1. The molecule has 0 aliphatic rings. The van der Waals surface area contributed by atoms with Crippen molar-refractivity contribution in [2.45, 2.75) is 18.7 Å². The Kier molecular flexibility index (Phi) is 6.63. The van der Waals surface area contributed by atoms with Crippen LogP contribution in [0.1, 0.15) is 12.5 Å². The summed E-state index contributed by atoms with van der Waals surface area (Å²) < 4.78 is 32.2. The van der Waals surface area contributed by atoms with Gasteiger partial charge in [0.2, 0.25) is 15.9 Å². The lowest BCUT2D eigenvalue weighted by atomic mass is 10.2. The van der Waals surface area contributed by atoms with Crippen molar-refractivity contribution in [1.29, 1.82) is 0 Å². The summed E-state index contributed by atoms with van der Waals surface area (Å²) in [5.74, 6) is 0.393. The van der Waals surface area contributed by atoms with Crippen molar-refractivity contribution < 1.29 is 17.9 Å². The van der Waals surface area contributed by atoms with Crippen LogP contribution in [0.2, 0.25) is 5.02 Å². The third kappa shape index (κ3) is 4.97. The molecular formula is C18H21ClN2O4S. The van der Waals surface area contributed by atoms with Gasteiger partial charge in [-0.3, -0.25) is 4.79 Å². The van der Waals surface area contributed by atoms with E-state index in [1.54, 1.807) is 30.3 Å². The zero-order valence-corrected chi connectivity index (χ0v) is 16.4. The number of amides is 1. The molecule has 1 N–H and O–H groups in total. The molecule has 1 amide bonds. The second-order valence-corrected chi connectivity index (χ2v) is 7.88. The van der Waals surface area contributed by atoms with Crippen molar-refractivity contribution in [3.05, 3.63) is 53.1 Å². The third-order valence-electron chi connectivity index (χ3n) is 3.83. The molecule has 0 aliphatic carbocycles. The summed E-state index contributed by atoms with van der Waals surface area (Å²) in [6.45, 7) is 3.56. The van der Waals surface area contributed by atoms with E-state index in [0.29, 0.717) is 16.5 Å². The standard InChI is InChI=1S/C18H21ClN2O4S/c1-13-12-15(19)4-9-18(13)21(14(2)22)11-10-20-26(23,24)17-7-5-16(25-3)6-8-17/h4-9,12,20H,10-11H2,1-3H3. The lowest BCUT2D eigenvalue weighted by molar-refractivity contribution is -0.116. The summed E-state index contributed by atoms with van der Waals surface area (Å²) in [5, 5.41) is 0.579. The van der Waals surface area contributed by atoms with Gasteiger partial charge in [0.25, 0.3) is 0 Å². The first kappa shape index (κ1) is 20.2. The number of ether oxygens (including phenoxy) is 1. The van der Waals surface area contributed by atoms with Crippen LogP contribution in [0.25, 0.3) is 0 Å². The highest BCUT2D eigenvalue weighted by molar-refractivity contribution is 7.89. The second-order valence-electron chi connectivity index (χ2n) is 5.67. The molecular weight excluding hydrogens is 376 g/mol. The number of nitrogens with zero attached hydrogens (tertiary/aromatic N) is 1. The minimum Gasteiger partial charge on any atom is -0.497 e. The number of hydrogen-bond acceptors (Lipinski definition) is 4. The highest BCUT2D eigenvalue weighted by Gasteiger charge is 2.17. The molecule has 0 radical (unpaired) electrons. The third-order valence-corrected chi connectivity index (χ3v) is 5.54. The molecule has 0 atom stereocenters. The molecule has 0 spiro atoms. The number of sulfonamides is 1. The highest BCUT2D eigenvalue weighted by atomic mass is 35.5. The van der Waals surface area contributed by atoms with Crippen molar-refractivity contribution in [1.82, 2.24) is 4.72 Å². The summed E-state index contributed by atoms with van der Waals surface area (Å²) >= 11 is 5.95. The molecule has 0 bridgehead atoms. The molecule has 0 saturated carbocycles. The van der Waals surface area contributed by atoms with Crippen LogP contribution in [0.3, 0.4) is 0 Å². The second kappa shape index (κ2) is 8.53. The molecule has 8 heteroatoms. The van der Waals surface area contributed by atoms with Gasteiger partial charge in [0.1, 0.15) is 5.75 Å². The van der Waals surface area contributed by atoms with E-state index in [9.17, 15) is 13.2 Å². The number of aryl methyl sites for hydroxylation is 1. The molecule has 26 heavy (non-hydrogen) atoms. The van der Waals surface area contributed by atoms with Gasteiger partial charge in [0.05, 0.1) is 12.0 Å². The summed E-state index contributed by atoms with van der Waals surface area (Å²) in [6, 6.07) is 11.3. The Bertz CT molecular complexity index is 883. The summed E-state index contributed by atoms with van der Waals surface area (Å²) in [7, 11) is -2.16. The maximum absolute atomic E-state index is 12.4. The number of anilines is 1. The molecule has 2 aromatic carbocycles. The Morgan fingerprint density at radius 2 is 1.85 bits per heavy atom. The minimum absolute atomic E-state index is 0.0794. The van der Waals surface area contributed by atoms with Gasteiger partial charge in [-0.1, -0.05) is 11.6 Å². The maximum Gasteiger partial charge on any atom is 0.240 e.